The molecule has 0 radical (unpaired) electrons. The van der Waals surface area contributed by atoms with Gasteiger partial charge in [0, 0.05) is 25.3 Å². The molecule has 0 spiro atoms. The van der Waals surface area contributed by atoms with E-state index in [-0.39, 0.29) is 0 Å². The molecule has 1 aliphatic heterocycles. The molecule has 3 heteroatoms. The van der Waals surface area contributed by atoms with E-state index in [1.165, 1.54) is 11.3 Å². The second-order valence-corrected chi connectivity index (χ2v) is 4.41. The van der Waals surface area contributed by atoms with Crippen LogP contribution in [0.25, 0.3) is 0 Å². The van der Waals surface area contributed by atoms with E-state index in [4.69, 9.17) is 0 Å². The highest BCUT2D eigenvalue weighted by atomic mass is 15.1. The third kappa shape index (κ3) is 2.35. The molecule has 1 atom stereocenters. The number of fused-ring (bicyclic) bond motifs is 1. The Morgan fingerprint density at radius 2 is 2.38 bits per heavy atom. The molecular formula is C13H19N3. The highest BCUT2D eigenvalue weighted by Gasteiger charge is 2.16. The predicted octanol–water partition coefficient (Wildman–Crippen LogP) is 2.65. The number of nitrogens with one attached hydrogen (secondary N) is 1. The van der Waals surface area contributed by atoms with Crippen LogP contribution in [0.4, 0.5) is 11.4 Å². The van der Waals surface area contributed by atoms with Crippen LogP contribution in [0.2, 0.25) is 0 Å². The first-order chi connectivity index (χ1) is 7.69. The Bertz CT molecular complexity index is 398. The fraction of sp³-hybridized carbons (Fsp3) is 0.462. The molecule has 0 saturated carbocycles. The number of aliphatic imine (C=N–C) groups is 1. The smallest absolute Gasteiger partial charge is 0.0909 e. The summed E-state index contributed by atoms with van der Waals surface area (Å²) in [6, 6.07) is 6.90. The Labute approximate surface area is 97.2 Å². The van der Waals surface area contributed by atoms with Crippen molar-refractivity contribution in [2.75, 3.05) is 18.9 Å². The average Bonchev–Trinajstić information content (AvgIpc) is 2.65. The van der Waals surface area contributed by atoms with Crippen molar-refractivity contribution in [2.24, 2.45) is 4.99 Å². The molecule has 3 nitrogen and oxygen atoms in total. The van der Waals surface area contributed by atoms with Gasteiger partial charge in [-0.1, -0.05) is 0 Å². The van der Waals surface area contributed by atoms with Crippen LogP contribution in [0.1, 0.15) is 19.4 Å². The maximum absolute atomic E-state index is 4.45. The SMILES string of the molecule is CCN(C)C=Nc1ccc2c(c1)CC(C)N2. The summed E-state index contributed by atoms with van der Waals surface area (Å²) in [6.45, 7) is 5.29. The molecule has 1 aromatic rings. The molecule has 1 heterocycles. The lowest BCUT2D eigenvalue weighted by Crippen LogP contribution is -2.14. The van der Waals surface area contributed by atoms with Crippen molar-refractivity contribution in [1.29, 1.82) is 0 Å². The largest absolute Gasteiger partial charge is 0.382 e. The summed E-state index contributed by atoms with van der Waals surface area (Å²) < 4.78 is 0. The monoisotopic (exact) mass is 217 g/mol. The minimum atomic E-state index is 0.549. The second-order valence-electron chi connectivity index (χ2n) is 4.41. The minimum absolute atomic E-state index is 0.549. The summed E-state index contributed by atoms with van der Waals surface area (Å²) in [7, 11) is 2.03. The number of nitrogens with zero attached hydrogens (tertiary/aromatic N) is 2. The molecule has 16 heavy (non-hydrogen) atoms. The maximum atomic E-state index is 4.45. The number of hydrogen-bond donors (Lipinski definition) is 1. The van der Waals surface area contributed by atoms with Gasteiger partial charge in [-0.05, 0) is 44.0 Å². The quantitative estimate of drug-likeness (QED) is 0.622. The predicted molar refractivity (Wildman–Crippen MR) is 69.7 cm³/mol. The molecule has 0 saturated heterocycles. The third-order valence-electron chi connectivity index (χ3n) is 2.92. The fourth-order valence-electron chi connectivity index (χ4n) is 1.86. The van der Waals surface area contributed by atoms with Gasteiger partial charge in [0.25, 0.3) is 0 Å². The summed E-state index contributed by atoms with van der Waals surface area (Å²) in [5.74, 6) is 0. The minimum Gasteiger partial charge on any atom is -0.382 e. The van der Waals surface area contributed by atoms with Crippen LogP contribution in [-0.4, -0.2) is 30.9 Å². The first kappa shape index (κ1) is 11.0. The summed E-state index contributed by atoms with van der Waals surface area (Å²) in [5.41, 5.74) is 3.67. The number of benzene rings is 1. The van der Waals surface area contributed by atoms with E-state index in [9.17, 15) is 0 Å². The van der Waals surface area contributed by atoms with Gasteiger partial charge in [-0.3, -0.25) is 0 Å². The van der Waals surface area contributed by atoms with E-state index in [2.05, 4.69) is 47.3 Å². The van der Waals surface area contributed by atoms with Crippen molar-refractivity contribution in [1.82, 2.24) is 4.90 Å². The van der Waals surface area contributed by atoms with Crippen LogP contribution in [0.5, 0.6) is 0 Å². The first-order valence-corrected chi connectivity index (χ1v) is 5.83. The Morgan fingerprint density at radius 1 is 1.56 bits per heavy atom. The first-order valence-electron chi connectivity index (χ1n) is 5.83. The molecule has 0 aromatic heterocycles. The zero-order valence-electron chi connectivity index (χ0n) is 10.2. The van der Waals surface area contributed by atoms with E-state index >= 15 is 0 Å². The summed E-state index contributed by atoms with van der Waals surface area (Å²) >= 11 is 0. The molecule has 1 unspecified atom stereocenters. The topological polar surface area (TPSA) is 27.6 Å². The Morgan fingerprint density at radius 3 is 3.12 bits per heavy atom. The fourth-order valence-corrected chi connectivity index (χ4v) is 1.86. The lowest BCUT2D eigenvalue weighted by Gasteiger charge is -2.08. The van der Waals surface area contributed by atoms with Gasteiger partial charge < -0.3 is 10.2 Å². The number of anilines is 1. The third-order valence-corrected chi connectivity index (χ3v) is 2.92. The van der Waals surface area contributed by atoms with Gasteiger partial charge in [-0.15, -0.1) is 0 Å². The normalized spacial score (nSPS) is 18.6. The molecular weight excluding hydrogens is 198 g/mol. The average molecular weight is 217 g/mol. The van der Waals surface area contributed by atoms with Gasteiger partial charge >= 0.3 is 0 Å². The van der Waals surface area contributed by atoms with Crippen LogP contribution in [-0.2, 0) is 6.42 Å². The van der Waals surface area contributed by atoms with Crippen LogP contribution in [0.15, 0.2) is 23.2 Å². The summed E-state index contributed by atoms with van der Waals surface area (Å²) in [4.78, 5) is 6.52. The Hall–Kier alpha value is -1.51. The van der Waals surface area contributed by atoms with Crippen LogP contribution < -0.4 is 5.32 Å². The summed E-state index contributed by atoms with van der Waals surface area (Å²) in [5, 5.41) is 3.44. The van der Waals surface area contributed by atoms with Crippen LogP contribution in [0.3, 0.4) is 0 Å². The molecule has 1 N–H and O–H groups in total. The molecule has 0 amide bonds. The Kier molecular flexibility index (Phi) is 3.13. The molecule has 1 aromatic carbocycles. The van der Waals surface area contributed by atoms with Crippen molar-refractivity contribution < 1.29 is 0 Å². The lowest BCUT2D eigenvalue weighted by molar-refractivity contribution is 0.552. The maximum Gasteiger partial charge on any atom is 0.0909 e. The highest BCUT2D eigenvalue weighted by Crippen LogP contribution is 2.29. The molecule has 0 fully saturated rings. The molecule has 86 valence electrons. The van der Waals surface area contributed by atoms with E-state index in [1.54, 1.807) is 0 Å². The van der Waals surface area contributed by atoms with E-state index in [0.717, 1.165) is 18.7 Å². The van der Waals surface area contributed by atoms with Crippen molar-refractivity contribution >= 4 is 17.7 Å². The van der Waals surface area contributed by atoms with E-state index in [1.807, 2.05) is 13.4 Å². The summed E-state index contributed by atoms with van der Waals surface area (Å²) in [6.07, 6.45) is 2.98. The Balaban J connectivity index is 2.13. The van der Waals surface area contributed by atoms with Gasteiger partial charge in [-0.25, -0.2) is 4.99 Å². The van der Waals surface area contributed by atoms with Crippen molar-refractivity contribution in [3.63, 3.8) is 0 Å². The molecule has 0 aliphatic carbocycles. The van der Waals surface area contributed by atoms with Crippen molar-refractivity contribution in [3.8, 4) is 0 Å². The van der Waals surface area contributed by atoms with Gasteiger partial charge in [-0.2, -0.15) is 0 Å². The lowest BCUT2D eigenvalue weighted by atomic mass is 10.1. The number of hydrogen-bond acceptors (Lipinski definition) is 2. The second kappa shape index (κ2) is 4.56. The van der Waals surface area contributed by atoms with Crippen LogP contribution in [0, 0.1) is 0 Å². The zero-order valence-corrected chi connectivity index (χ0v) is 10.2. The van der Waals surface area contributed by atoms with Gasteiger partial charge in [0.05, 0.1) is 12.0 Å². The van der Waals surface area contributed by atoms with Gasteiger partial charge in [0.15, 0.2) is 0 Å². The van der Waals surface area contributed by atoms with Gasteiger partial charge in [0.2, 0.25) is 0 Å². The highest BCUT2D eigenvalue weighted by molar-refractivity contribution is 5.66. The molecule has 2 rings (SSSR count). The van der Waals surface area contributed by atoms with Crippen molar-refractivity contribution in [2.45, 2.75) is 26.3 Å². The zero-order chi connectivity index (χ0) is 11.5. The standard InChI is InChI=1S/C13H19N3/c1-4-16(3)9-14-12-5-6-13-11(8-12)7-10(2)15-13/h5-6,8-10,15H,4,7H2,1-3H3. The van der Waals surface area contributed by atoms with Crippen LogP contribution >= 0.6 is 0 Å². The van der Waals surface area contributed by atoms with E-state index in [0.29, 0.717) is 6.04 Å². The number of rotatable bonds is 3. The van der Waals surface area contributed by atoms with Gasteiger partial charge in [0.1, 0.15) is 0 Å². The van der Waals surface area contributed by atoms with Crippen molar-refractivity contribution in [3.05, 3.63) is 23.8 Å². The molecule has 0 bridgehead atoms. The molecule has 1 aliphatic rings. The van der Waals surface area contributed by atoms with E-state index < -0.39 is 0 Å².